The molecule has 0 aliphatic rings. The van der Waals surface area contributed by atoms with Crippen LogP contribution in [0.25, 0.3) is 0 Å². The normalized spacial score (nSPS) is 10.6. The number of ketones is 1. The fourth-order valence-corrected chi connectivity index (χ4v) is 2.41. The largest absolute Gasteiger partial charge is 0.288 e. The molecular weight excluding hydrogens is 363 g/mol. The molecular formula is C13H12ClIN2O. The van der Waals surface area contributed by atoms with Gasteiger partial charge in [0.1, 0.15) is 0 Å². The second-order valence-corrected chi connectivity index (χ2v) is 5.54. The van der Waals surface area contributed by atoms with E-state index in [9.17, 15) is 4.79 Å². The molecule has 0 saturated carbocycles. The minimum atomic E-state index is -0.0377. The molecule has 0 spiro atoms. The van der Waals surface area contributed by atoms with Crippen molar-refractivity contribution < 1.29 is 4.79 Å². The zero-order chi connectivity index (χ0) is 13.1. The average molecular weight is 375 g/mol. The van der Waals surface area contributed by atoms with E-state index in [1.165, 1.54) is 0 Å². The number of rotatable bonds is 4. The number of benzene rings is 1. The molecule has 0 aliphatic heterocycles. The average Bonchev–Trinajstić information content (AvgIpc) is 2.80. The van der Waals surface area contributed by atoms with E-state index in [-0.39, 0.29) is 5.78 Å². The van der Waals surface area contributed by atoms with Crippen LogP contribution < -0.4 is 0 Å². The van der Waals surface area contributed by atoms with E-state index in [1.807, 2.05) is 6.07 Å². The molecule has 0 unspecified atom stereocenters. The van der Waals surface area contributed by atoms with Crippen LogP contribution >= 0.6 is 34.2 Å². The zero-order valence-electron chi connectivity index (χ0n) is 9.86. The minimum absolute atomic E-state index is 0.0377. The van der Waals surface area contributed by atoms with Gasteiger partial charge in [0.2, 0.25) is 0 Å². The SMILES string of the molecule is CCCn1cc(C(=O)c2cc(Cl)ccc2I)cn1. The first-order chi connectivity index (χ1) is 8.61. The predicted molar refractivity (Wildman–Crippen MR) is 80.1 cm³/mol. The van der Waals surface area contributed by atoms with Gasteiger partial charge in [0.05, 0.1) is 11.8 Å². The maximum absolute atomic E-state index is 12.3. The Morgan fingerprint density at radius 2 is 2.28 bits per heavy atom. The van der Waals surface area contributed by atoms with Crippen molar-refractivity contribution in [2.24, 2.45) is 0 Å². The first kappa shape index (κ1) is 13.5. The Hall–Kier alpha value is -0.880. The first-order valence-electron chi connectivity index (χ1n) is 5.64. The number of aromatic nitrogens is 2. The van der Waals surface area contributed by atoms with Crippen LogP contribution in [0.2, 0.25) is 5.02 Å². The minimum Gasteiger partial charge on any atom is -0.288 e. The third kappa shape index (κ3) is 2.92. The maximum Gasteiger partial charge on any atom is 0.197 e. The number of hydrogen-bond acceptors (Lipinski definition) is 2. The van der Waals surface area contributed by atoms with E-state index in [4.69, 9.17) is 11.6 Å². The van der Waals surface area contributed by atoms with Crippen molar-refractivity contribution in [2.75, 3.05) is 0 Å². The third-order valence-electron chi connectivity index (χ3n) is 2.52. The topological polar surface area (TPSA) is 34.9 Å². The van der Waals surface area contributed by atoms with Crippen molar-refractivity contribution in [1.29, 1.82) is 0 Å². The Balaban J connectivity index is 2.32. The van der Waals surface area contributed by atoms with Crippen LogP contribution in [0.3, 0.4) is 0 Å². The van der Waals surface area contributed by atoms with E-state index < -0.39 is 0 Å². The summed E-state index contributed by atoms with van der Waals surface area (Å²) in [5.41, 5.74) is 1.22. The molecule has 5 heteroatoms. The zero-order valence-corrected chi connectivity index (χ0v) is 12.8. The quantitative estimate of drug-likeness (QED) is 0.603. The fourth-order valence-electron chi connectivity index (χ4n) is 1.66. The lowest BCUT2D eigenvalue weighted by atomic mass is 10.1. The van der Waals surface area contributed by atoms with E-state index in [2.05, 4.69) is 34.6 Å². The van der Waals surface area contributed by atoms with Gasteiger partial charge in [-0.1, -0.05) is 18.5 Å². The van der Waals surface area contributed by atoms with Crippen molar-refractivity contribution in [2.45, 2.75) is 19.9 Å². The van der Waals surface area contributed by atoms with Gasteiger partial charge in [-0.15, -0.1) is 0 Å². The fraction of sp³-hybridized carbons (Fsp3) is 0.231. The smallest absolute Gasteiger partial charge is 0.197 e. The summed E-state index contributed by atoms with van der Waals surface area (Å²) in [6, 6.07) is 5.32. The summed E-state index contributed by atoms with van der Waals surface area (Å²) in [6.45, 7) is 2.89. The molecule has 2 aromatic rings. The van der Waals surface area contributed by atoms with Gasteiger partial charge in [0, 0.05) is 26.9 Å². The van der Waals surface area contributed by atoms with Crippen molar-refractivity contribution in [3.63, 3.8) is 0 Å². The summed E-state index contributed by atoms with van der Waals surface area (Å²) < 4.78 is 2.68. The second-order valence-electron chi connectivity index (χ2n) is 3.95. The number of carbonyl (C=O) groups excluding carboxylic acids is 1. The second kappa shape index (κ2) is 5.84. The van der Waals surface area contributed by atoms with Gasteiger partial charge in [-0.25, -0.2) is 0 Å². The molecule has 0 saturated heterocycles. The highest BCUT2D eigenvalue weighted by Gasteiger charge is 2.14. The molecule has 0 bridgehead atoms. The molecule has 18 heavy (non-hydrogen) atoms. The lowest BCUT2D eigenvalue weighted by Gasteiger charge is -2.02. The molecule has 0 atom stereocenters. The van der Waals surface area contributed by atoms with Crippen molar-refractivity contribution in [3.8, 4) is 0 Å². The van der Waals surface area contributed by atoms with Crippen LogP contribution in [0.15, 0.2) is 30.6 Å². The van der Waals surface area contributed by atoms with Crippen LogP contribution in [0.4, 0.5) is 0 Å². The maximum atomic E-state index is 12.3. The summed E-state index contributed by atoms with van der Waals surface area (Å²) in [5.74, 6) is -0.0377. The number of nitrogens with zero attached hydrogens (tertiary/aromatic N) is 2. The summed E-state index contributed by atoms with van der Waals surface area (Å²) >= 11 is 8.06. The highest BCUT2D eigenvalue weighted by molar-refractivity contribution is 14.1. The molecule has 2 rings (SSSR count). The van der Waals surface area contributed by atoms with Crippen LogP contribution in [0, 0.1) is 3.57 Å². The molecule has 3 nitrogen and oxygen atoms in total. The highest BCUT2D eigenvalue weighted by Crippen LogP contribution is 2.20. The summed E-state index contributed by atoms with van der Waals surface area (Å²) in [5, 5.41) is 4.73. The predicted octanol–water partition coefficient (Wildman–Crippen LogP) is 3.78. The van der Waals surface area contributed by atoms with Gasteiger partial charge in [-0.3, -0.25) is 9.48 Å². The number of aryl methyl sites for hydroxylation is 1. The Morgan fingerprint density at radius 3 is 3.00 bits per heavy atom. The Bertz CT molecular complexity index is 580. The van der Waals surface area contributed by atoms with Crippen molar-refractivity contribution >= 4 is 40.0 Å². The molecule has 0 radical (unpaired) electrons. The van der Waals surface area contributed by atoms with E-state index in [0.717, 1.165) is 16.5 Å². The van der Waals surface area contributed by atoms with Crippen molar-refractivity contribution in [1.82, 2.24) is 9.78 Å². The van der Waals surface area contributed by atoms with Crippen LogP contribution in [0.1, 0.15) is 29.3 Å². The van der Waals surface area contributed by atoms with Crippen molar-refractivity contribution in [3.05, 3.63) is 50.3 Å². The van der Waals surface area contributed by atoms with Gasteiger partial charge < -0.3 is 0 Å². The first-order valence-corrected chi connectivity index (χ1v) is 7.09. The van der Waals surface area contributed by atoms with Crippen LogP contribution in [-0.4, -0.2) is 15.6 Å². The van der Waals surface area contributed by atoms with Gasteiger partial charge in [-0.05, 0) is 47.2 Å². The molecule has 1 aromatic carbocycles. The lowest BCUT2D eigenvalue weighted by molar-refractivity contribution is 0.103. The monoisotopic (exact) mass is 374 g/mol. The lowest BCUT2D eigenvalue weighted by Crippen LogP contribution is -2.03. The van der Waals surface area contributed by atoms with Crippen LogP contribution in [-0.2, 0) is 6.54 Å². The number of carbonyl (C=O) groups is 1. The number of hydrogen-bond donors (Lipinski definition) is 0. The summed E-state index contributed by atoms with van der Waals surface area (Å²) in [4.78, 5) is 12.3. The van der Waals surface area contributed by atoms with E-state index >= 15 is 0 Å². The Morgan fingerprint density at radius 1 is 1.50 bits per heavy atom. The summed E-state index contributed by atoms with van der Waals surface area (Å²) in [6.07, 6.45) is 4.38. The molecule has 0 N–H and O–H groups in total. The van der Waals surface area contributed by atoms with E-state index in [0.29, 0.717) is 16.1 Å². The van der Waals surface area contributed by atoms with Gasteiger partial charge in [-0.2, -0.15) is 5.10 Å². The van der Waals surface area contributed by atoms with Gasteiger partial charge >= 0.3 is 0 Å². The Kier molecular flexibility index (Phi) is 4.40. The Labute approximate surface area is 124 Å². The van der Waals surface area contributed by atoms with E-state index in [1.54, 1.807) is 29.2 Å². The molecule has 0 amide bonds. The molecule has 0 fully saturated rings. The summed E-state index contributed by atoms with van der Waals surface area (Å²) in [7, 11) is 0. The highest BCUT2D eigenvalue weighted by atomic mass is 127. The van der Waals surface area contributed by atoms with Gasteiger partial charge in [0.25, 0.3) is 0 Å². The molecule has 1 aromatic heterocycles. The number of halogens is 2. The van der Waals surface area contributed by atoms with Crippen LogP contribution in [0.5, 0.6) is 0 Å². The molecule has 0 aliphatic carbocycles. The third-order valence-corrected chi connectivity index (χ3v) is 3.70. The molecule has 1 heterocycles. The molecule has 94 valence electrons. The standard InChI is InChI=1S/C13H12ClIN2O/c1-2-5-17-8-9(7-16-17)13(18)11-6-10(14)3-4-12(11)15/h3-4,6-8H,2,5H2,1H3. The van der Waals surface area contributed by atoms with Gasteiger partial charge in [0.15, 0.2) is 5.78 Å².